The Morgan fingerprint density at radius 2 is 1.80 bits per heavy atom. The molecule has 4 nitrogen and oxygen atoms in total. The van der Waals surface area contributed by atoms with Crippen molar-refractivity contribution in [3.05, 3.63) is 0 Å². The Bertz CT molecular complexity index is 206. The Labute approximate surface area is 97.9 Å². The average Bonchev–Trinajstić information content (AvgIpc) is 2.10. The summed E-state index contributed by atoms with van der Waals surface area (Å²) < 4.78 is 10.1. The molecule has 15 heavy (non-hydrogen) atoms. The summed E-state index contributed by atoms with van der Waals surface area (Å²) in [5.41, 5.74) is -0.630. The van der Waals surface area contributed by atoms with Crippen molar-refractivity contribution in [2.75, 3.05) is 0 Å². The molecule has 88 valence electrons. The van der Waals surface area contributed by atoms with Gasteiger partial charge >= 0.3 is 5.30 Å². The van der Waals surface area contributed by atoms with Gasteiger partial charge in [0.05, 0.1) is 12.2 Å². The summed E-state index contributed by atoms with van der Waals surface area (Å²) in [6.45, 7) is 7.19. The van der Waals surface area contributed by atoms with E-state index in [1.54, 1.807) is 13.8 Å². The third kappa shape index (κ3) is 8.77. The Balaban J connectivity index is 3.80. The second-order valence-corrected chi connectivity index (χ2v) is 5.52. The fourth-order valence-electron chi connectivity index (χ4n) is 0.644. The fourth-order valence-corrected chi connectivity index (χ4v) is 2.27. The minimum absolute atomic E-state index is 0.0468. The fraction of sp³-hybridized carbons (Fsp3) is 0.778. The van der Waals surface area contributed by atoms with Crippen LogP contribution < -0.4 is 0 Å². The molecule has 0 aromatic rings. The number of hydrogen-bond donors (Lipinski definition) is 0. The Hall–Kier alpha value is -0.200. The van der Waals surface area contributed by atoms with Crippen LogP contribution in [0, 0.1) is 0 Å². The van der Waals surface area contributed by atoms with Gasteiger partial charge in [0.1, 0.15) is 0 Å². The van der Waals surface area contributed by atoms with Crippen molar-refractivity contribution in [2.24, 2.45) is 0 Å². The maximum atomic E-state index is 11.1. The lowest BCUT2D eigenvalue weighted by atomic mass is 10.5. The zero-order valence-electron chi connectivity index (χ0n) is 9.26. The van der Waals surface area contributed by atoms with E-state index in [1.165, 1.54) is 0 Å². The predicted octanol–water partition coefficient (Wildman–Crippen LogP) is 2.86. The molecule has 0 aliphatic rings. The van der Waals surface area contributed by atoms with Gasteiger partial charge < -0.3 is 9.47 Å². The molecule has 0 N–H and O–H groups in total. The van der Waals surface area contributed by atoms with Crippen LogP contribution in [0.4, 0.5) is 4.79 Å². The van der Waals surface area contributed by atoms with Gasteiger partial charge in [0.2, 0.25) is 0 Å². The molecule has 0 aliphatic heterocycles. The Kier molecular flexibility index (Phi) is 7.90. The van der Waals surface area contributed by atoms with Gasteiger partial charge in [0, 0.05) is 10.8 Å². The van der Waals surface area contributed by atoms with Crippen LogP contribution in [-0.4, -0.2) is 29.2 Å². The van der Waals surface area contributed by atoms with E-state index < -0.39 is 10.7 Å². The third-order valence-corrected chi connectivity index (χ3v) is 3.07. The van der Waals surface area contributed by atoms with E-state index in [4.69, 9.17) is 9.47 Å². The zero-order chi connectivity index (χ0) is 11.8. The minimum atomic E-state index is -0.630. The average molecular weight is 252 g/mol. The predicted molar refractivity (Wildman–Crippen MR) is 62.9 cm³/mol. The Morgan fingerprint density at radius 3 is 2.20 bits per heavy atom. The molecular formula is C9H16O4S2. The number of hydrogen-bond acceptors (Lipinski definition) is 6. The van der Waals surface area contributed by atoms with E-state index in [9.17, 15) is 9.59 Å². The monoisotopic (exact) mass is 252 g/mol. The summed E-state index contributed by atoms with van der Waals surface area (Å²) in [5.74, 6) is 0. The van der Waals surface area contributed by atoms with E-state index in [0.717, 1.165) is 21.6 Å². The van der Waals surface area contributed by atoms with Crippen molar-refractivity contribution in [2.45, 2.75) is 45.3 Å². The van der Waals surface area contributed by atoms with E-state index in [0.29, 0.717) is 6.29 Å². The summed E-state index contributed by atoms with van der Waals surface area (Å²) in [7, 11) is 1.93. The standard InChI is InChI=1S/C9H16O4S2/c1-6(2)12-8(5-10)14-15-9(11)13-7(3)4/h5-8H,1-4H3. The highest BCUT2D eigenvalue weighted by Crippen LogP contribution is 2.29. The molecule has 0 aromatic heterocycles. The first-order valence-corrected chi connectivity index (χ1v) is 6.81. The summed E-state index contributed by atoms with van der Waals surface area (Å²) >= 11 is 0. The van der Waals surface area contributed by atoms with Crippen LogP contribution in [0.25, 0.3) is 0 Å². The quantitative estimate of drug-likeness (QED) is 0.313. The van der Waals surface area contributed by atoms with Crippen LogP contribution in [0.3, 0.4) is 0 Å². The lowest BCUT2D eigenvalue weighted by molar-refractivity contribution is -0.115. The molecule has 0 bridgehead atoms. The van der Waals surface area contributed by atoms with E-state index in [2.05, 4.69) is 0 Å². The first kappa shape index (κ1) is 14.8. The first-order chi connectivity index (χ1) is 6.95. The van der Waals surface area contributed by atoms with E-state index in [1.807, 2.05) is 13.8 Å². The summed E-state index contributed by atoms with van der Waals surface area (Å²) in [6.07, 6.45) is 0.473. The third-order valence-electron chi connectivity index (χ3n) is 1.06. The molecule has 0 rings (SSSR count). The number of aldehydes is 1. The van der Waals surface area contributed by atoms with Gasteiger partial charge in [-0.15, -0.1) is 0 Å². The molecule has 0 fully saturated rings. The minimum Gasteiger partial charge on any atom is -0.454 e. The van der Waals surface area contributed by atoms with Crippen LogP contribution >= 0.6 is 21.6 Å². The molecule has 1 atom stereocenters. The summed E-state index contributed by atoms with van der Waals surface area (Å²) in [6, 6.07) is 0. The number of ether oxygens (including phenoxy) is 2. The highest BCUT2D eigenvalue weighted by Gasteiger charge is 2.15. The molecular weight excluding hydrogens is 236 g/mol. The molecule has 0 saturated heterocycles. The summed E-state index contributed by atoms with van der Waals surface area (Å²) in [5, 5.41) is -0.408. The van der Waals surface area contributed by atoms with Crippen molar-refractivity contribution in [1.82, 2.24) is 0 Å². The normalized spacial score (nSPS) is 12.9. The van der Waals surface area contributed by atoms with Crippen molar-refractivity contribution >= 4 is 33.2 Å². The highest BCUT2D eigenvalue weighted by atomic mass is 33.1. The van der Waals surface area contributed by atoms with Gasteiger partial charge in [0.15, 0.2) is 11.7 Å². The van der Waals surface area contributed by atoms with Crippen LogP contribution in [-0.2, 0) is 14.3 Å². The molecule has 0 radical (unpaired) electrons. The maximum absolute atomic E-state index is 11.1. The second kappa shape index (κ2) is 8.01. The van der Waals surface area contributed by atoms with Crippen LogP contribution in [0.2, 0.25) is 0 Å². The number of rotatable bonds is 6. The first-order valence-electron chi connectivity index (χ1n) is 4.60. The molecule has 6 heteroatoms. The van der Waals surface area contributed by atoms with E-state index in [-0.39, 0.29) is 12.2 Å². The molecule has 0 aromatic carbocycles. The molecule has 0 spiro atoms. The number of carbonyl (C=O) groups excluding carboxylic acids is 2. The van der Waals surface area contributed by atoms with Crippen molar-refractivity contribution < 1.29 is 19.1 Å². The maximum Gasteiger partial charge on any atom is 0.378 e. The van der Waals surface area contributed by atoms with Gasteiger partial charge in [-0.3, -0.25) is 4.79 Å². The molecule has 0 amide bonds. The lowest BCUT2D eigenvalue weighted by Crippen LogP contribution is -2.15. The SMILES string of the molecule is CC(C)OC(=O)SSC(C=O)OC(C)C. The smallest absolute Gasteiger partial charge is 0.378 e. The van der Waals surface area contributed by atoms with Crippen molar-refractivity contribution in [3.8, 4) is 0 Å². The topological polar surface area (TPSA) is 52.6 Å². The van der Waals surface area contributed by atoms with Gasteiger partial charge in [-0.25, -0.2) is 4.79 Å². The van der Waals surface area contributed by atoms with Crippen LogP contribution in [0.1, 0.15) is 27.7 Å². The zero-order valence-corrected chi connectivity index (χ0v) is 10.9. The second-order valence-electron chi connectivity index (χ2n) is 3.29. The number of carbonyl (C=O) groups is 2. The van der Waals surface area contributed by atoms with Crippen LogP contribution in [0.5, 0.6) is 0 Å². The van der Waals surface area contributed by atoms with Gasteiger partial charge in [-0.2, -0.15) is 0 Å². The van der Waals surface area contributed by atoms with Crippen molar-refractivity contribution in [3.63, 3.8) is 0 Å². The molecule has 1 unspecified atom stereocenters. The lowest BCUT2D eigenvalue weighted by Gasteiger charge is -2.13. The largest absolute Gasteiger partial charge is 0.454 e. The van der Waals surface area contributed by atoms with Gasteiger partial charge in [0.25, 0.3) is 0 Å². The van der Waals surface area contributed by atoms with Crippen molar-refractivity contribution in [1.29, 1.82) is 0 Å². The molecule has 0 heterocycles. The Morgan fingerprint density at radius 1 is 1.20 bits per heavy atom. The van der Waals surface area contributed by atoms with Gasteiger partial charge in [-0.05, 0) is 38.5 Å². The van der Waals surface area contributed by atoms with Crippen LogP contribution in [0.15, 0.2) is 0 Å². The van der Waals surface area contributed by atoms with E-state index >= 15 is 0 Å². The molecule has 0 saturated carbocycles. The summed E-state index contributed by atoms with van der Waals surface area (Å²) in [4.78, 5) is 21.7. The highest BCUT2D eigenvalue weighted by molar-refractivity contribution is 8.82. The van der Waals surface area contributed by atoms with Gasteiger partial charge in [-0.1, -0.05) is 0 Å². The molecule has 0 aliphatic carbocycles.